The molecule has 0 unspecified atom stereocenters. The molecule has 3 aliphatic rings. The van der Waals surface area contributed by atoms with Gasteiger partial charge in [-0.2, -0.15) is 0 Å². The highest BCUT2D eigenvalue weighted by molar-refractivity contribution is 5.85. The van der Waals surface area contributed by atoms with Crippen LogP contribution in [0.3, 0.4) is 0 Å². The summed E-state index contributed by atoms with van der Waals surface area (Å²) in [7, 11) is 0. The zero-order valence-corrected chi connectivity index (χ0v) is 16.3. The minimum atomic E-state index is -0.0268. The van der Waals surface area contributed by atoms with E-state index in [1.807, 2.05) is 23.1 Å². The van der Waals surface area contributed by atoms with Crippen molar-refractivity contribution in [1.29, 1.82) is 0 Å². The Balaban J connectivity index is 1.49. The number of hydrogen-bond acceptors (Lipinski definition) is 2. The highest BCUT2D eigenvalue weighted by Gasteiger charge is 2.49. The van der Waals surface area contributed by atoms with E-state index in [-0.39, 0.29) is 17.4 Å². The third kappa shape index (κ3) is 3.83. The van der Waals surface area contributed by atoms with Gasteiger partial charge in [-0.3, -0.25) is 4.79 Å². The number of benzene rings is 1. The molecule has 1 N–H and O–H groups in total. The van der Waals surface area contributed by atoms with Gasteiger partial charge in [-0.25, -0.2) is 4.79 Å². The third-order valence-electron chi connectivity index (χ3n) is 6.55. The van der Waals surface area contributed by atoms with Crippen LogP contribution in [0.2, 0.25) is 0 Å². The van der Waals surface area contributed by atoms with Gasteiger partial charge in [-0.15, -0.1) is 0 Å². The predicted molar refractivity (Wildman–Crippen MR) is 105 cm³/mol. The van der Waals surface area contributed by atoms with Gasteiger partial charge in [-0.1, -0.05) is 37.3 Å². The average molecular weight is 370 g/mol. The Labute approximate surface area is 162 Å². The molecule has 4 rings (SSSR count). The van der Waals surface area contributed by atoms with E-state index in [0.29, 0.717) is 11.9 Å². The van der Waals surface area contributed by atoms with E-state index in [9.17, 15) is 9.59 Å². The predicted octanol–water partition coefficient (Wildman–Crippen LogP) is 3.37. The minimum absolute atomic E-state index is 0.0268. The van der Waals surface area contributed by atoms with E-state index in [2.05, 4.69) is 29.3 Å². The summed E-state index contributed by atoms with van der Waals surface area (Å²) in [5.41, 5.74) is 1.30. The van der Waals surface area contributed by atoms with Crippen LogP contribution in [0, 0.1) is 5.41 Å². The van der Waals surface area contributed by atoms with E-state index < -0.39 is 0 Å². The SMILES string of the molecule is CCCNC(=O)N1CCC2(CC1)C[C@@H](c1ccccc1)C(=O)N(C1CC1)C2. The molecule has 0 aromatic heterocycles. The molecule has 1 atom stereocenters. The number of carbonyl (C=O) groups is 2. The summed E-state index contributed by atoms with van der Waals surface area (Å²) in [5.74, 6) is 0.290. The number of amides is 3. The zero-order chi connectivity index (χ0) is 18.9. The van der Waals surface area contributed by atoms with Crippen molar-refractivity contribution in [2.75, 3.05) is 26.2 Å². The van der Waals surface area contributed by atoms with Crippen molar-refractivity contribution in [3.63, 3.8) is 0 Å². The van der Waals surface area contributed by atoms with Crippen molar-refractivity contribution in [1.82, 2.24) is 15.1 Å². The first-order valence-electron chi connectivity index (χ1n) is 10.5. The van der Waals surface area contributed by atoms with Crippen LogP contribution < -0.4 is 5.32 Å². The summed E-state index contributed by atoms with van der Waals surface area (Å²) < 4.78 is 0. The molecular weight excluding hydrogens is 338 g/mol. The summed E-state index contributed by atoms with van der Waals surface area (Å²) in [6.07, 6.45) is 6.16. The van der Waals surface area contributed by atoms with Gasteiger partial charge in [0.2, 0.25) is 5.91 Å². The first-order valence-corrected chi connectivity index (χ1v) is 10.5. The standard InChI is InChI=1S/C22H31N3O2/c1-2-12-23-21(27)24-13-10-22(11-14-24)15-19(17-6-4-3-5-7-17)20(26)25(16-22)18-8-9-18/h3-7,18-19H,2,8-16H2,1H3,(H,23,27)/t19-/m0/s1. The Bertz CT molecular complexity index is 678. The molecule has 2 saturated heterocycles. The number of nitrogens with zero attached hydrogens (tertiary/aromatic N) is 2. The molecular formula is C22H31N3O2. The lowest BCUT2D eigenvalue weighted by atomic mass is 9.67. The van der Waals surface area contributed by atoms with Gasteiger partial charge in [0.15, 0.2) is 0 Å². The highest BCUT2D eigenvalue weighted by Crippen LogP contribution is 2.48. The van der Waals surface area contributed by atoms with Gasteiger partial charge in [0, 0.05) is 32.2 Å². The van der Waals surface area contributed by atoms with Crippen molar-refractivity contribution in [2.24, 2.45) is 5.41 Å². The monoisotopic (exact) mass is 369 g/mol. The van der Waals surface area contributed by atoms with E-state index in [4.69, 9.17) is 0 Å². The van der Waals surface area contributed by atoms with Crippen LogP contribution in [0.25, 0.3) is 0 Å². The Morgan fingerprint density at radius 2 is 1.89 bits per heavy atom. The fraction of sp³-hybridized carbons (Fsp3) is 0.636. The third-order valence-corrected chi connectivity index (χ3v) is 6.55. The van der Waals surface area contributed by atoms with Gasteiger partial charge < -0.3 is 15.1 Å². The molecule has 1 aromatic rings. The second-order valence-corrected chi connectivity index (χ2v) is 8.58. The van der Waals surface area contributed by atoms with Crippen LogP contribution >= 0.6 is 0 Å². The van der Waals surface area contributed by atoms with Gasteiger partial charge in [0.1, 0.15) is 0 Å². The lowest BCUT2D eigenvalue weighted by Crippen LogP contribution is -2.56. The first-order chi connectivity index (χ1) is 13.1. The van der Waals surface area contributed by atoms with Gasteiger partial charge in [-0.05, 0) is 49.5 Å². The lowest BCUT2D eigenvalue weighted by molar-refractivity contribution is -0.142. The van der Waals surface area contributed by atoms with E-state index in [0.717, 1.165) is 70.3 Å². The van der Waals surface area contributed by atoms with Gasteiger partial charge >= 0.3 is 6.03 Å². The largest absolute Gasteiger partial charge is 0.339 e. The van der Waals surface area contributed by atoms with E-state index in [1.54, 1.807) is 0 Å². The topological polar surface area (TPSA) is 52.7 Å². The van der Waals surface area contributed by atoms with Crippen molar-refractivity contribution < 1.29 is 9.59 Å². The summed E-state index contributed by atoms with van der Waals surface area (Å²) in [6.45, 7) is 5.28. The Morgan fingerprint density at radius 3 is 2.52 bits per heavy atom. The maximum atomic E-state index is 13.2. The number of hydrogen-bond donors (Lipinski definition) is 1. The normalized spacial score (nSPS) is 24.9. The number of rotatable bonds is 4. The molecule has 0 bridgehead atoms. The van der Waals surface area contributed by atoms with Crippen LogP contribution in [0.15, 0.2) is 30.3 Å². The average Bonchev–Trinajstić information content (AvgIpc) is 3.54. The van der Waals surface area contributed by atoms with Crippen molar-refractivity contribution in [3.8, 4) is 0 Å². The Hall–Kier alpha value is -2.04. The second kappa shape index (κ2) is 7.53. The first kappa shape index (κ1) is 18.3. The molecule has 2 aliphatic heterocycles. The van der Waals surface area contributed by atoms with E-state index in [1.165, 1.54) is 0 Å². The number of carbonyl (C=O) groups excluding carboxylic acids is 2. The maximum Gasteiger partial charge on any atom is 0.317 e. The van der Waals surface area contributed by atoms with Gasteiger partial charge in [0.25, 0.3) is 0 Å². The maximum absolute atomic E-state index is 13.2. The molecule has 2 heterocycles. The number of urea groups is 1. The van der Waals surface area contributed by atoms with Crippen molar-refractivity contribution in [2.45, 2.75) is 57.4 Å². The molecule has 3 fully saturated rings. The van der Waals surface area contributed by atoms with Crippen LogP contribution in [-0.4, -0.2) is 54.0 Å². The molecule has 1 aliphatic carbocycles. The van der Waals surface area contributed by atoms with Crippen molar-refractivity contribution >= 4 is 11.9 Å². The van der Waals surface area contributed by atoms with Gasteiger partial charge in [0.05, 0.1) is 5.92 Å². The van der Waals surface area contributed by atoms with Crippen LogP contribution in [0.1, 0.15) is 56.9 Å². The summed E-state index contributed by atoms with van der Waals surface area (Å²) in [5, 5.41) is 2.99. The molecule has 0 radical (unpaired) electrons. The quantitative estimate of drug-likeness (QED) is 0.885. The number of piperidine rings is 2. The smallest absolute Gasteiger partial charge is 0.317 e. The zero-order valence-electron chi connectivity index (χ0n) is 16.3. The highest BCUT2D eigenvalue weighted by atomic mass is 16.2. The van der Waals surface area contributed by atoms with Crippen molar-refractivity contribution in [3.05, 3.63) is 35.9 Å². The van der Waals surface area contributed by atoms with Crippen LogP contribution in [0.5, 0.6) is 0 Å². The second-order valence-electron chi connectivity index (χ2n) is 8.58. The lowest BCUT2D eigenvalue weighted by Gasteiger charge is -2.50. The fourth-order valence-electron chi connectivity index (χ4n) is 4.76. The summed E-state index contributed by atoms with van der Waals surface area (Å²) in [4.78, 5) is 29.6. The Kier molecular flexibility index (Phi) is 5.11. The molecule has 146 valence electrons. The summed E-state index contributed by atoms with van der Waals surface area (Å²) >= 11 is 0. The molecule has 1 spiro atoms. The fourth-order valence-corrected chi connectivity index (χ4v) is 4.76. The van der Waals surface area contributed by atoms with E-state index >= 15 is 0 Å². The molecule has 1 saturated carbocycles. The number of likely N-dealkylation sites (tertiary alicyclic amines) is 2. The summed E-state index contributed by atoms with van der Waals surface area (Å²) in [6, 6.07) is 10.8. The molecule has 3 amide bonds. The molecule has 5 heteroatoms. The molecule has 27 heavy (non-hydrogen) atoms. The van der Waals surface area contributed by atoms with Crippen LogP contribution in [-0.2, 0) is 4.79 Å². The number of nitrogens with one attached hydrogen (secondary N) is 1. The molecule has 1 aromatic carbocycles. The Morgan fingerprint density at radius 1 is 1.19 bits per heavy atom. The minimum Gasteiger partial charge on any atom is -0.339 e. The van der Waals surface area contributed by atoms with Crippen LogP contribution in [0.4, 0.5) is 4.79 Å². The molecule has 5 nitrogen and oxygen atoms in total.